The van der Waals surface area contributed by atoms with E-state index in [1.165, 1.54) is 44.6 Å². The molecule has 2 aromatic rings. The Balaban J connectivity index is 0.000000981. The summed E-state index contributed by atoms with van der Waals surface area (Å²) in [6.45, 7) is 10.9. The van der Waals surface area contributed by atoms with E-state index in [0.717, 1.165) is 17.4 Å². The first-order valence-electron chi connectivity index (χ1n) is 10.5. The fourth-order valence-corrected chi connectivity index (χ4v) is 2.89. The van der Waals surface area contributed by atoms with Crippen LogP contribution in [0.5, 0.6) is 17.4 Å². The van der Waals surface area contributed by atoms with Crippen LogP contribution in [0.2, 0.25) is 5.02 Å². The molecule has 11 heteroatoms. The molecule has 184 valence electrons. The van der Waals surface area contributed by atoms with Crippen molar-refractivity contribution >= 4 is 27.7 Å². The summed E-state index contributed by atoms with van der Waals surface area (Å²) in [6, 6.07) is 7.55. The van der Waals surface area contributed by atoms with E-state index < -0.39 is 16.1 Å². The number of hydrogen-bond donors (Lipinski definition) is 2. The molecule has 0 aliphatic carbocycles. The number of nitrogens with zero attached hydrogens (tertiary/aromatic N) is 2. The highest BCUT2D eigenvalue weighted by Gasteiger charge is 2.18. The molecule has 2 N–H and O–H groups in total. The number of pyridine rings is 1. The molecule has 1 heterocycles. The molecule has 0 bridgehead atoms. The number of ether oxygens (including phenoxy) is 2. The lowest BCUT2D eigenvalue weighted by atomic mass is 10.2. The first-order valence-corrected chi connectivity index (χ1v) is 12.3. The van der Waals surface area contributed by atoms with E-state index in [0.29, 0.717) is 34.9 Å². The number of nitrogens with one attached hydrogen (secondary N) is 2. The predicted molar refractivity (Wildman–Crippen MR) is 130 cm³/mol. The summed E-state index contributed by atoms with van der Waals surface area (Å²) in [5, 5.41) is 3.43. The summed E-state index contributed by atoms with van der Waals surface area (Å²) in [4.78, 5) is 16.2. The van der Waals surface area contributed by atoms with E-state index in [4.69, 9.17) is 21.1 Å². The molecule has 1 amide bonds. The van der Waals surface area contributed by atoms with Crippen molar-refractivity contribution in [2.24, 2.45) is 5.92 Å². The van der Waals surface area contributed by atoms with Gasteiger partial charge in [-0.15, -0.1) is 0 Å². The molecule has 9 nitrogen and oxygen atoms in total. The van der Waals surface area contributed by atoms with Gasteiger partial charge in [-0.25, -0.2) is 9.71 Å². The van der Waals surface area contributed by atoms with Crippen LogP contribution in [-0.2, 0) is 10.2 Å². The van der Waals surface area contributed by atoms with Crippen molar-refractivity contribution in [1.29, 1.82) is 0 Å². The van der Waals surface area contributed by atoms with E-state index in [1.807, 2.05) is 18.6 Å². The van der Waals surface area contributed by atoms with Crippen LogP contribution < -0.4 is 19.5 Å². The van der Waals surface area contributed by atoms with Gasteiger partial charge in [0.05, 0.1) is 12.8 Å². The number of hydrogen-bond acceptors (Lipinski definition) is 7. The van der Waals surface area contributed by atoms with Gasteiger partial charge in [0.2, 0.25) is 5.88 Å². The Bertz CT molecular complexity index is 981. The van der Waals surface area contributed by atoms with Crippen LogP contribution >= 0.6 is 11.6 Å². The van der Waals surface area contributed by atoms with Crippen LogP contribution in [0.4, 0.5) is 0 Å². The molecule has 33 heavy (non-hydrogen) atoms. The van der Waals surface area contributed by atoms with E-state index in [-0.39, 0.29) is 5.56 Å². The number of amides is 1. The molecule has 0 saturated heterocycles. The summed E-state index contributed by atoms with van der Waals surface area (Å²) in [5.41, 5.74) is 0.173. The lowest BCUT2D eigenvalue weighted by Crippen LogP contribution is -2.39. The second kappa shape index (κ2) is 14.0. The van der Waals surface area contributed by atoms with Gasteiger partial charge in [0.1, 0.15) is 16.5 Å². The van der Waals surface area contributed by atoms with E-state index >= 15 is 0 Å². The molecule has 2 rings (SSSR count). The first kappa shape index (κ1) is 28.6. The fourth-order valence-electron chi connectivity index (χ4n) is 2.14. The molecule has 0 saturated carbocycles. The predicted octanol–water partition coefficient (Wildman–Crippen LogP) is 3.71. The standard InChI is InChI=1S/C18H22ClN3O5S.C4H11N/c1-12(2)11-26-18-16(19)9-15(10-20-18)27-14-7-5-13(6-8-14)17(23)21-28(24,25)22(3)4;1-3-5-4-2/h5-10,12H,11H2,1-4H3,(H,21,23);5H,3-4H2,1-2H3. The highest BCUT2D eigenvalue weighted by atomic mass is 35.5. The Kier molecular flexibility index (Phi) is 12.1. The Hall–Kier alpha value is -2.40. The second-order valence-corrected chi connectivity index (χ2v) is 9.76. The molecule has 1 aromatic heterocycles. The molecule has 0 unspecified atom stereocenters. The van der Waals surface area contributed by atoms with Crippen molar-refractivity contribution in [3.63, 3.8) is 0 Å². The fraction of sp³-hybridized carbons (Fsp3) is 0.455. The van der Waals surface area contributed by atoms with Crippen LogP contribution in [0, 0.1) is 5.92 Å². The van der Waals surface area contributed by atoms with Gasteiger partial charge in [-0.1, -0.05) is 39.3 Å². The van der Waals surface area contributed by atoms with Crippen molar-refractivity contribution in [3.8, 4) is 17.4 Å². The average molecular weight is 501 g/mol. The summed E-state index contributed by atoms with van der Waals surface area (Å²) < 4.78 is 37.4. The number of halogens is 1. The zero-order valence-electron chi connectivity index (χ0n) is 19.9. The third-order valence-electron chi connectivity index (χ3n) is 3.89. The average Bonchev–Trinajstić information content (AvgIpc) is 2.74. The zero-order chi connectivity index (χ0) is 25.0. The number of aromatic nitrogens is 1. The van der Waals surface area contributed by atoms with Gasteiger partial charge in [-0.3, -0.25) is 4.79 Å². The molecular formula is C22H33ClN4O5S. The quantitative estimate of drug-likeness (QED) is 0.511. The second-order valence-electron chi connectivity index (χ2n) is 7.47. The lowest BCUT2D eigenvalue weighted by Gasteiger charge is -2.12. The number of benzene rings is 1. The maximum atomic E-state index is 12.0. The van der Waals surface area contributed by atoms with Crippen molar-refractivity contribution in [2.75, 3.05) is 33.8 Å². The third-order valence-corrected chi connectivity index (χ3v) is 5.57. The van der Waals surface area contributed by atoms with Crippen LogP contribution in [-0.4, -0.2) is 57.4 Å². The Morgan fingerprint density at radius 1 is 1.12 bits per heavy atom. The van der Waals surface area contributed by atoms with E-state index in [2.05, 4.69) is 24.1 Å². The lowest BCUT2D eigenvalue weighted by molar-refractivity contribution is 0.0979. The molecule has 0 fully saturated rings. The minimum absolute atomic E-state index is 0.173. The number of rotatable bonds is 10. The SMILES string of the molecule is CC(C)COc1ncc(Oc2ccc(C(=O)NS(=O)(=O)N(C)C)cc2)cc1Cl.CCNCC. The molecular weight excluding hydrogens is 468 g/mol. The molecule has 0 aliphatic heterocycles. The van der Waals surface area contributed by atoms with E-state index in [9.17, 15) is 13.2 Å². The minimum Gasteiger partial charge on any atom is -0.476 e. The molecule has 0 spiro atoms. The minimum atomic E-state index is -3.86. The topological polar surface area (TPSA) is 110 Å². The van der Waals surface area contributed by atoms with Crippen molar-refractivity contribution < 1.29 is 22.7 Å². The van der Waals surface area contributed by atoms with Crippen LogP contribution in [0.3, 0.4) is 0 Å². The summed E-state index contributed by atoms with van der Waals surface area (Å²) >= 11 is 6.15. The van der Waals surface area contributed by atoms with Gasteiger partial charge >= 0.3 is 10.2 Å². The summed E-state index contributed by atoms with van der Waals surface area (Å²) in [5.74, 6) is 0.765. The van der Waals surface area contributed by atoms with Gasteiger partial charge in [0.15, 0.2) is 0 Å². The zero-order valence-corrected chi connectivity index (χ0v) is 21.5. The van der Waals surface area contributed by atoms with E-state index in [1.54, 1.807) is 6.07 Å². The highest BCUT2D eigenvalue weighted by Crippen LogP contribution is 2.29. The van der Waals surface area contributed by atoms with Gasteiger partial charge in [-0.05, 0) is 43.3 Å². The Labute approximate surface area is 201 Å². The Morgan fingerprint density at radius 3 is 2.18 bits per heavy atom. The van der Waals surface area contributed by atoms with Gasteiger partial charge in [0.25, 0.3) is 5.91 Å². The van der Waals surface area contributed by atoms with Crippen LogP contribution in [0.1, 0.15) is 38.1 Å². The van der Waals surface area contributed by atoms with Gasteiger partial charge < -0.3 is 14.8 Å². The van der Waals surface area contributed by atoms with Gasteiger partial charge in [0, 0.05) is 25.7 Å². The van der Waals surface area contributed by atoms with Crippen molar-refractivity contribution in [3.05, 3.63) is 47.1 Å². The third kappa shape index (κ3) is 10.4. The molecule has 0 aliphatic rings. The summed E-state index contributed by atoms with van der Waals surface area (Å²) in [6.07, 6.45) is 1.48. The molecule has 0 atom stereocenters. The largest absolute Gasteiger partial charge is 0.476 e. The van der Waals surface area contributed by atoms with Crippen molar-refractivity contribution in [2.45, 2.75) is 27.7 Å². The molecule has 0 radical (unpaired) electrons. The van der Waals surface area contributed by atoms with Gasteiger partial charge in [-0.2, -0.15) is 12.7 Å². The summed E-state index contributed by atoms with van der Waals surface area (Å²) in [7, 11) is -1.21. The smallest absolute Gasteiger partial charge is 0.303 e. The van der Waals surface area contributed by atoms with Crippen LogP contribution in [0.15, 0.2) is 36.5 Å². The van der Waals surface area contributed by atoms with Crippen molar-refractivity contribution in [1.82, 2.24) is 19.3 Å². The molecule has 1 aromatic carbocycles. The highest BCUT2D eigenvalue weighted by molar-refractivity contribution is 7.87. The first-order chi connectivity index (χ1) is 15.5. The number of carbonyl (C=O) groups is 1. The normalized spacial score (nSPS) is 11.1. The number of carbonyl (C=O) groups excluding carboxylic acids is 1. The van der Waals surface area contributed by atoms with Crippen LogP contribution in [0.25, 0.3) is 0 Å². The monoisotopic (exact) mass is 500 g/mol. The maximum Gasteiger partial charge on any atom is 0.303 e. The maximum absolute atomic E-state index is 12.0. The Morgan fingerprint density at radius 2 is 1.73 bits per heavy atom.